The van der Waals surface area contributed by atoms with Gasteiger partial charge in [0.15, 0.2) is 0 Å². The summed E-state index contributed by atoms with van der Waals surface area (Å²) in [5, 5.41) is 7.29. The van der Waals surface area contributed by atoms with Gasteiger partial charge in [-0.3, -0.25) is 9.78 Å². The number of hydrogen-bond donors (Lipinski definition) is 1. The minimum atomic E-state index is -3.75. The second kappa shape index (κ2) is 10.5. The van der Waals surface area contributed by atoms with Crippen LogP contribution in [0.3, 0.4) is 0 Å². The molecule has 10 heteroatoms. The number of nitrogens with one attached hydrogen (secondary N) is 1. The molecule has 0 radical (unpaired) electrons. The standard InChI is InChI=1S/C27H25ClN4O4S/c1-18-25(26(31-36-18)22-8-2-3-9-23(22)28)27(33)30-20-11-13-21(14-12-20)37(34,35)32-16-5-4-10-24(32)19-7-6-15-29-17-19/h2-3,6-9,11-15,17,24H,4-5,10,16H2,1H3,(H,30,33)/t24-/m1/s1. The van der Waals surface area contributed by atoms with Crippen LogP contribution >= 0.6 is 11.6 Å². The lowest BCUT2D eigenvalue weighted by atomic mass is 9.99. The van der Waals surface area contributed by atoms with E-state index in [1.54, 1.807) is 60.0 Å². The van der Waals surface area contributed by atoms with Gasteiger partial charge in [0.1, 0.15) is 17.0 Å². The minimum Gasteiger partial charge on any atom is -0.360 e. The Kier molecular flexibility index (Phi) is 7.10. The van der Waals surface area contributed by atoms with Crippen molar-refractivity contribution >= 4 is 33.2 Å². The maximum absolute atomic E-state index is 13.6. The van der Waals surface area contributed by atoms with Crippen LogP contribution in [0.1, 0.15) is 47.0 Å². The van der Waals surface area contributed by atoms with Crippen LogP contribution in [0.25, 0.3) is 11.3 Å². The Morgan fingerprint density at radius 2 is 1.86 bits per heavy atom. The number of aromatic nitrogens is 2. The van der Waals surface area contributed by atoms with Crippen molar-refractivity contribution in [1.82, 2.24) is 14.4 Å². The molecular weight excluding hydrogens is 512 g/mol. The average Bonchev–Trinajstić information content (AvgIpc) is 3.31. The van der Waals surface area contributed by atoms with Crippen molar-refractivity contribution in [3.63, 3.8) is 0 Å². The molecule has 8 nitrogen and oxygen atoms in total. The molecule has 2 aromatic carbocycles. The van der Waals surface area contributed by atoms with E-state index in [-0.39, 0.29) is 16.5 Å². The third-order valence-electron chi connectivity index (χ3n) is 6.46. The topological polar surface area (TPSA) is 105 Å². The normalized spacial score (nSPS) is 16.4. The summed E-state index contributed by atoms with van der Waals surface area (Å²) in [5.41, 5.74) is 2.51. The first-order valence-corrected chi connectivity index (χ1v) is 13.7. The SMILES string of the molecule is Cc1onc(-c2ccccc2Cl)c1C(=O)Nc1ccc(S(=O)(=O)N2CCCC[C@@H]2c2cccnc2)cc1. The van der Waals surface area contributed by atoms with Crippen molar-refractivity contribution in [3.8, 4) is 11.3 Å². The Morgan fingerprint density at radius 3 is 2.59 bits per heavy atom. The Balaban J connectivity index is 1.37. The second-order valence-electron chi connectivity index (χ2n) is 8.83. The van der Waals surface area contributed by atoms with E-state index in [0.717, 1.165) is 24.8 Å². The summed E-state index contributed by atoms with van der Waals surface area (Å²) >= 11 is 6.30. The molecule has 1 saturated heterocycles. The van der Waals surface area contributed by atoms with Crippen molar-refractivity contribution < 1.29 is 17.7 Å². The van der Waals surface area contributed by atoms with E-state index in [2.05, 4.69) is 15.5 Å². The smallest absolute Gasteiger partial charge is 0.261 e. The van der Waals surface area contributed by atoms with Gasteiger partial charge >= 0.3 is 0 Å². The van der Waals surface area contributed by atoms with E-state index in [0.29, 0.717) is 34.3 Å². The molecule has 1 N–H and O–H groups in total. The summed E-state index contributed by atoms with van der Waals surface area (Å²) in [6.07, 6.45) is 5.90. The highest BCUT2D eigenvalue weighted by Gasteiger charge is 2.34. The summed E-state index contributed by atoms with van der Waals surface area (Å²) in [5.74, 6) is -0.0879. The van der Waals surface area contributed by atoms with E-state index in [1.165, 1.54) is 12.1 Å². The van der Waals surface area contributed by atoms with Gasteiger partial charge in [0, 0.05) is 30.2 Å². The first-order valence-electron chi connectivity index (χ1n) is 11.9. The fraction of sp³-hybridized carbons (Fsp3) is 0.222. The summed E-state index contributed by atoms with van der Waals surface area (Å²) in [4.78, 5) is 17.5. The zero-order valence-corrected chi connectivity index (χ0v) is 21.7. The van der Waals surface area contributed by atoms with Crippen LogP contribution in [-0.4, -0.2) is 35.3 Å². The zero-order valence-electron chi connectivity index (χ0n) is 20.1. The third kappa shape index (κ3) is 5.02. The Labute approximate surface area is 220 Å². The highest BCUT2D eigenvalue weighted by molar-refractivity contribution is 7.89. The molecule has 0 saturated carbocycles. The predicted molar refractivity (Wildman–Crippen MR) is 141 cm³/mol. The van der Waals surface area contributed by atoms with E-state index >= 15 is 0 Å². The number of pyridine rings is 1. The molecule has 0 unspecified atom stereocenters. The molecule has 3 heterocycles. The molecule has 1 aliphatic heterocycles. The van der Waals surface area contributed by atoms with Crippen LogP contribution in [-0.2, 0) is 10.0 Å². The van der Waals surface area contributed by atoms with Crippen molar-refractivity contribution in [2.24, 2.45) is 0 Å². The van der Waals surface area contributed by atoms with E-state index in [4.69, 9.17) is 16.1 Å². The number of amides is 1. The summed E-state index contributed by atoms with van der Waals surface area (Å²) in [6, 6.07) is 16.7. The molecule has 37 heavy (non-hydrogen) atoms. The number of aryl methyl sites for hydroxylation is 1. The lowest BCUT2D eigenvalue weighted by Gasteiger charge is -2.34. The maximum Gasteiger partial charge on any atom is 0.261 e. The minimum absolute atomic E-state index is 0.166. The van der Waals surface area contributed by atoms with Crippen LogP contribution < -0.4 is 5.32 Å². The highest BCUT2D eigenvalue weighted by atomic mass is 35.5. The molecule has 1 atom stereocenters. The van der Waals surface area contributed by atoms with Gasteiger partial charge in [0.2, 0.25) is 10.0 Å². The third-order valence-corrected chi connectivity index (χ3v) is 8.71. The van der Waals surface area contributed by atoms with Crippen molar-refractivity contribution in [2.45, 2.75) is 37.1 Å². The van der Waals surface area contributed by atoms with Crippen LogP contribution in [0.15, 0.2) is 82.5 Å². The molecule has 4 aromatic rings. The molecule has 0 bridgehead atoms. The number of benzene rings is 2. The fourth-order valence-corrected chi connectivity index (χ4v) is 6.52. The fourth-order valence-electron chi connectivity index (χ4n) is 4.61. The Morgan fingerprint density at radius 1 is 1.08 bits per heavy atom. The second-order valence-corrected chi connectivity index (χ2v) is 11.1. The molecule has 0 aliphatic carbocycles. The monoisotopic (exact) mass is 536 g/mol. The predicted octanol–water partition coefficient (Wildman–Crippen LogP) is 5.87. The number of halogens is 1. The number of rotatable bonds is 6. The molecule has 1 amide bonds. The number of nitrogens with zero attached hydrogens (tertiary/aromatic N) is 3. The van der Waals surface area contributed by atoms with Crippen LogP contribution in [0, 0.1) is 6.92 Å². The van der Waals surface area contributed by atoms with E-state index in [9.17, 15) is 13.2 Å². The van der Waals surface area contributed by atoms with Crippen molar-refractivity contribution in [2.75, 3.05) is 11.9 Å². The Bertz CT molecular complexity index is 1520. The molecular formula is C27H25ClN4O4S. The molecule has 1 aliphatic rings. The number of piperidine rings is 1. The lowest BCUT2D eigenvalue weighted by molar-refractivity contribution is 0.102. The molecule has 5 rings (SSSR count). The van der Waals surface area contributed by atoms with Gasteiger partial charge in [0.05, 0.1) is 16.0 Å². The van der Waals surface area contributed by atoms with Crippen LogP contribution in [0.5, 0.6) is 0 Å². The zero-order chi connectivity index (χ0) is 26.0. The van der Waals surface area contributed by atoms with Gasteiger partial charge in [-0.25, -0.2) is 8.42 Å². The summed E-state index contributed by atoms with van der Waals surface area (Å²) in [7, 11) is -3.75. The highest BCUT2D eigenvalue weighted by Crippen LogP contribution is 2.36. The molecule has 2 aromatic heterocycles. The van der Waals surface area contributed by atoms with Gasteiger partial charge in [-0.1, -0.05) is 47.4 Å². The molecule has 1 fully saturated rings. The number of carbonyl (C=O) groups is 1. The first kappa shape index (κ1) is 25.1. The van der Waals surface area contributed by atoms with Crippen LogP contribution in [0.2, 0.25) is 5.02 Å². The summed E-state index contributed by atoms with van der Waals surface area (Å²) < 4.78 is 33.9. The van der Waals surface area contributed by atoms with Gasteiger partial charge in [-0.15, -0.1) is 0 Å². The maximum atomic E-state index is 13.6. The van der Waals surface area contributed by atoms with Crippen molar-refractivity contribution in [3.05, 3.63) is 95.0 Å². The number of anilines is 1. The van der Waals surface area contributed by atoms with Gasteiger partial charge in [0.25, 0.3) is 5.91 Å². The van der Waals surface area contributed by atoms with Crippen LogP contribution in [0.4, 0.5) is 5.69 Å². The van der Waals surface area contributed by atoms with Crippen molar-refractivity contribution in [1.29, 1.82) is 0 Å². The van der Waals surface area contributed by atoms with E-state index in [1.807, 2.05) is 12.1 Å². The quantitative estimate of drug-likeness (QED) is 0.330. The summed E-state index contributed by atoms with van der Waals surface area (Å²) in [6.45, 7) is 2.09. The van der Waals surface area contributed by atoms with E-state index < -0.39 is 15.9 Å². The average molecular weight is 537 g/mol. The largest absolute Gasteiger partial charge is 0.360 e. The Hall–Kier alpha value is -3.53. The number of sulfonamides is 1. The molecule has 0 spiro atoms. The number of hydrogen-bond acceptors (Lipinski definition) is 6. The van der Waals surface area contributed by atoms with Gasteiger partial charge < -0.3 is 9.84 Å². The van der Waals surface area contributed by atoms with Gasteiger partial charge in [-0.2, -0.15) is 4.31 Å². The van der Waals surface area contributed by atoms with Gasteiger partial charge in [-0.05, 0) is 61.7 Å². The lowest BCUT2D eigenvalue weighted by Crippen LogP contribution is -2.38. The number of carbonyl (C=O) groups excluding carboxylic acids is 1. The first-order chi connectivity index (χ1) is 17.9. The molecule has 190 valence electrons.